The summed E-state index contributed by atoms with van der Waals surface area (Å²) in [5.41, 5.74) is 6.81. The Hall–Kier alpha value is -0.920. The van der Waals surface area contributed by atoms with E-state index in [1.165, 1.54) is 6.42 Å². The van der Waals surface area contributed by atoms with Crippen molar-refractivity contribution < 1.29 is 8.42 Å². The molecule has 1 aliphatic rings. The van der Waals surface area contributed by atoms with Crippen molar-refractivity contribution in [1.29, 1.82) is 0 Å². The fourth-order valence-electron chi connectivity index (χ4n) is 2.71. The van der Waals surface area contributed by atoms with Crippen LogP contribution in [0.25, 0.3) is 0 Å². The molecule has 1 saturated carbocycles. The fourth-order valence-corrected chi connectivity index (χ4v) is 4.31. The second-order valence-corrected chi connectivity index (χ2v) is 7.70. The molecule has 0 amide bonds. The third-order valence-corrected chi connectivity index (χ3v) is 5.83. The van der Waals surface area contributed by atoms with Gasteiger partial charge in [-0.25, -0.2) is 13.1 Å². The smallest absolute Gasteiger partial charge is 0.244 e. The number of nitrogens with one attached hydrogen (secondary N) is 1. The molecule has 2 rings (SSSR count). The number of nitrogens with two attached hydrogens (primary N) is 1. The number of aromatic nitrogens is 2. The number of aryl methyl sites for hydroxylation is 1. The van der Waals surface area contributed by atoms with Crippen LogP contribution >= 0.6 is 0 Å². The minimum atomic E-state index is -3.50. The Morgan fingerprint density at radius 2 is 2.05 bits per heavy atom. The van der Waals surface area contributed by atoms with E-state index in [0.29, 0.717) is 35.9 Å². The van der Waals surface area contributed by atoms with E-state index in [2.05, 4.69) is 16.7 Å². The lowest BCUT2D eigenvalue weighted by atomic mass is 9.71. The van der Waals surface area contributed by atoms with Gasteiger partial charge in [0.05, 0.1) is 17.9 Å². The number of hydrogen-bond acceptors (Lipinski definition) is 4. The van der Waals surface area contributed by atoms with Gasteiger partial charge in [0, 0.05) is 13.1 Å². The molecular weight excluding hydrogens is 276 g/mol. The SMILES string of the molecule is Cc1nn(CCN)c(C)c1S(=O)(=O)NCC1(C)CCC1. The minimum absolute atomic E-state index is 0.113. The monoisotopic (exact) mass is 300 g/mol. The van der Waals surface area contributed by atoms with Crippen molar-refractivity contribution in [2.45, 2.75) is 51.5 Å². The Balaban J connectivity index is 2.20. The highest BCUT2D eigenvalue weighted by Crippen LogP contribution is 2.39. The van der Waals surface area contributed by atoms with E-state index >= 15 is 0 Å². The standard InChI is InChI=1S/C13H24N4O2S/c1-10-12(11(2)17(16-10)8-7-14)20(18,19)15-9-13(3)5-4-6-13/h15H,4-9,14H2,1-3H3. The number of sulfonamides is 1. The van der Waals surface area contributed by atoms with E-state index in [4.69, 9.17) is 5.73 Å². The van der Waals surface area contributed by atoms with Crippen LogP contribution in [0.4, 0.5) is 0 Å². The number of hydrogen-bond donors (Lipinski definition) is 2. The van der Waals surface area contributed by atoms with Crippen molar-refractivity contribution in [3.63, 3.8) is 0 Å². The van der Waals surface area contributed by atoms with E-state index in [-0.39, 0.29) is 5.41 Å². The Bertz CT molecular complexity index is 588. The molecule has 1 heterocycles. The van der Waals surface area contributed by atoms with Crippen LogP contribution < -0.4 is 10.5 Å². The van der Waals surface area contributed by atoms with Crippen LogP contribution in [-0.4, -0.2) is 31.3 Å². The highest BCUT2D eigenvalue weighted by Gasteiger charge is 2.34. The first-order chi connectivity index (χ1) is 9.29. The largest absolute Gasteiger partial charge is 0.329 e. The quantitative estimate of drug-likeness (QED) is 0.817. The third-order valence-electron chi connectivity index (χ3n) is 4.17. The number of nitrogens with zero attached hydrogens (tertiary/aromatic N) is 2. The molecule has 0 aromatic carbocycles. The molecule has 0 atom stereocenters. The maximum atomic E-state index is 12.5. The molecule has 1 aliphatic carbocycles. The summed E-state index contributed by atoms with van der Waals surface area (Å²) in [6.07, 6.45) is 3.35. The van der Waals surface area contributed by atoms with Crippen molar-refractivity contribution in [3.8, 4) is 0 Å². The first kappa shape index (κ1) is 15.5. The van der Waals surface area contributed by atoms with Gasteiger partial charge in [-0.3, -0.25) is 4.68 Å². The summed E-state index contributed by atoms with van der Waals surface area (Å²) in [6.45, 7) is 7.08. The zero-order valence-electron chi connectivity index (χ0n) is 12.4. The third kappa shape index (κ3) is 2.89. The molecule has 1 fully saturated rings. The predicted octanol–water partition coefficient (Wildman–Crippen LogP) is 0.927. The van der Waals surface area contributed by atoms with E-state index in [9.17, 15) is 8.42 Å². The topological polar surface area (TPSA) is 90.0 Å². The highest BCUT2D eigenvalue weighted by molar-refractivity contribution is 7.89. The van der Waals surface area contributed by atoms with Crippen LogP contribution in [0.15, 0.2) is 4.90 Å². The Kier molecular flexibility index (Phi) is 4.22. The maximum absolute atomic E-state index is 12.5. The van der Waals surface area contributed by atoms with Crippen LogP contribution in [-0.2, 0) is 16.6 Å². The Labute approximate surface area is 120 Å². The molecule has 0 saturated heterocycles. The second kappa shape index (κ2) is 5.46. The van der Waals surface area contributed by atoms with Crippen LogP contribution in [0.1, 0.15) is 37.6 Å². The van der Waals surface area contributed by atoms with Gasteiger partial charge in [-0.05, 0) is 32.1 Å². The molecule has 6 nitrogen and oxygen atoms in total. The Morgan fingerprint density at radius 1 is 1.40 bits per heavy atom. The second-order valence-electron chi connectivity index (χ2n) is 6.00. The minimum Gasteiger partial charge on any atom is -0.329 e. The zero-order chi connectivity index (χ0) is 15.0. The van der Waals surface area contributed by atoms with Crippen LogP contribution in [0, 0.1) is 19.3 Å². The Morgan fingerprint density at radius 3 is 2.55 bits per heavy atom. The van der Waals surface area contributed by atoms with Crippen molar-refractivity contribution in [2.75, 3.05) is 13.1 Å². The fraction of sp³-hybridized carbons (Fsp3) is 0.769. The summed E-state index contributed by atoms with van der Waals surface area (Å²) in [4.78, 5) is 0.300. The molecule has 3 N–H and O–H groups in total. The van der Waals surface area contributed by atoms with Gasteiger partial charge in [0.15, 0.2) is 0 Å². The summed E-state index contributed by atoms with van der Waals surface area (Å²) in [5.74, 6) is 0. The lowest BCUT2D eigenvalue weighted by molar-refractivity contribution is 0.166. The molecule has 0 aliphatic heterocycles. The van der Waals surface area contributed by atoms with Gasteiger partial charge >= 0.3 is 0 Å². The molecule has 1 aromatic heterocycles. The molecule has 20 heavy (non-hydrogen) atoms. The molecule has 114 valence electrons. The lowest BCUT2D eigenvalue weighted by Gasteiger charge is -2.38. The summed E-state index contributed by atoms with van der Waals surface area (Å²) in [7, 11) is -3.50. The predicted molar refractivity (Wildman–Crippen MR) is 77.9 cm³/mol. The van der Waals surface area contributed by atoms with Crippen molar-refractivity contribution in [3.05, 3.63) is 11.4 Å². The van der Waals surface area contributed by atoms with Gasteiger partial charge in [-0.15, -0.1) is 0 Å². The summed E-state index contributed by atoms with van der Waals surface area (Å²) in [6, 6.07) is 0. The van der Waals surface area contributed by atoms with E-state index < -0.39 is 10.0 Å². The normalized spacial score (nSPS) is 18.0. The number of rotatable bonds is 6. The van der Waals surface area contributed by atoms with Gasteiger partial charge in [0.25, 0.3) is 0 Å². The molecule has 0 spiro atoms. The average Bonchev–Trinajstić information content (AvgIpc) is 2.61. The summed E-state index contributed by atoms with van der Waals surface area (Å²) < 4.78 is 29.4. The molecule has 0 radical (unpaired) electrons. The average molecular weight is 300 g/mol. The first-order valence-electron chi connectivity index (χ1n) is 7.03. The van der Waals surface area contributed by atoms with Gasteiger partial charge in [0.1, 0.15) is 4.90 Å². The van der Waals surface area contributed by atoms with Gasteiger partial charge < -0.3 is 5.73 Å². The van der Waals surface area contributed by atoms with Gasteiger partial charge in [-0.2, -0.15) is 5.10 Å². The molecule has 0 unspecified atom stereocenters. The highest BCUT2D eigenvalue weighted by atomic mass is 32.2. The summed E-state index contributed by atoms with van der Waals surface area (Å²) in [5, 5.41) is 4.26. The van der Waals surface area contributed by atoms with Crippen molar-refractivity contribution in [2.24, 2.45) is 11.1 Å². The van der Waals surface area contributed by atoms with Gasteiger partial charge in [-0.1, -0.05) is 13.3 Å². The molecule has 7 heteroatoms. The molecule has 0 bridgehead atoms. The van der Waals surface area contributed by atoms with E-state index in [0.717, 1.165) is 12.8 Å². The van der Waals surface area contributed by atoms with E-state index in [1.807, 2.05) is 0 Å². The van der Waals surface area contributed by atoms with E-state index in [1.54, 1.807) is 18.5 Å². The first-order valence-corrected chi connectivity index (χ1v) is 8.51. The van der Waals surface area contributed by atoms with Crippen molar-refractivity contribution in [1.82, 2.24) is 14.5 Å². The maximum Gasteiger partial charge on any atom is 0.244 e. The summed E-state index contributed by atoms with van der Waals surface area (Å²) >= 11 is 0. The zero-order valence-corrected chi connectivity index (χ0v) is 13.3. The van der Waals surface area contributed by atoms with Crippen molar-refractivity contribution >= 4 is 10.0 Å². The lowest BCUT2D eigenvalue weighted by Crippen LogP contribution is -2.40. The van der Waals surface area contributed by atoms with Gasteiger partial charge in [0.2, 0.25) is 10.0 Å². The molecule has 1 aromatic rings. The molecular formula is C13H24N4O2S. The van der Waals surface area contributed by atoms with Crippen LogP contribution in [0.5, 0.6) is 0 Å². The van der Waals surface area contributed by atoms with Crippen LogP contribution in [0.2, 0.25) is 0 Å². The van der Waals surface area contributed by atoms with Crippen LogP contribution in [0.3, 0.4) is 0 Å².